The van der Waals surface area contributed by atoms with Gasteiger partial charge in [-0.3, -0.25) is 0 Å². The van der Waals surface area contributed by atoms with Gasteiger partial charge >= 0.3 is 0 Å². The fraction of sp³-hybridized carbons (Fsp3) is 0.571. The van der Waals surface area contributed by atoms with E-state index in [9.17, 15) is 0 Å². The molecule has 0 amide bonds. The highest BCUT2D eigenvalue weighted by molar-refractivity contribution is 5.31. The van der Waals surface area contributed by atoms with Crippen LogP contribution in [0, 0.1) is 5.41 Å². The molecular formula is C14H23NO. The highest BCUT2D eigenvalue weighted by Crippen LogP contribution is 2.33. The third-order valence-corrected chi connectivity index (χ3v) is 2.66. The molecule has 1 N–H and O–H groups in total. The lowest BCUT2D eigenvalue weighted by atomic mass is 9.82. The van der Waals surface area contributed by atoms with Gasteiger partial charge in [-0.15, -0.1) is 0 Å². The van der Waals surface area contributed by atoms with E-state index in [1.54, 1.807) is 0 Å². The van der Waals surface area contributed by atoms with E-state index in [2.05, 4.69) is 44.3 Å². The Kier molecular flexibility index (Phi) is 4.36. The molecule has 16 heavy (non-hydrogen) atoms. The normalized spacial score (nSPS) is 13.6. The minimum Gasteiger partial charge on any atom is -0.494 e. The lowest BCUT2D eigenvalue weighted by molar-refractivity contribution is 0.285. The summed E-state index contributed by atoms with van der Waals surface area (Å²) in [6.07, 6.45) is 0. The van der Waals surface area contributed by atoms with Crippen LogP contribution in [0.2, 0.25) is 0 Å². The molecule has 0 radical (unpaired) electrons. The zero-order valence-corrected chi connectivity index (χ0v) is 11.0. The molecule has 1 aromatic rings. The van der Waals surface area contributed by atoms with E-state index in [-0.39, 0.29) is 5.41 Å². The number of hydrogen-bond donors (Lipinski definition) is 1. The van der Waals surface area contributed by atoms with Crippen molar-refractivity contribution >= 4 is 0 Å². The molecular weight excluding hydrogens is 198 g/mol. The van der Waals surface area contributed by atoms with Gasteiger partial charge in [0.15, 0.2) is 0 Å². The van der Waals surface area contributed by atoms with Gasteiger partial charge in [-0.25, -0.2) is 0 Å². The summed E-state index contributed by atoms with van der Waals surface area (Å²) in [4.78, 5) is 0. The van der Waals surface area contributed by atoms with Gasteiger partial charge in [-0.2, -0.15) is 0 Å². The van der Waals surface area contributed by atoms with Crippen LogP contribution in [-0.2, 0) is 0 Å². The topological polar surface area (TPSA) is 21.3 Å². The van der Waals surface area contributed by atoms with Crippen molar-refractivity contribution in [3.63, 3.8) is 0 Å². The molecule has 1 aromatic carbocycles. The van der Waals surface area contributed by atoms with Gasteiger partial charge in [-0.1, -0.05) is 32.9 Å². The minimum atomic E-state index is 0.194. The second-order valence-corrected chi connectivity index (χ2v) is 5.09. The average molecular weight is 221 g/mol. The summed E-state index contributed by atoms with van der Waals surface area (Å²) in [6, 6.07) is 8.66. The number of benzene rings is 1. The largest absolute Gasteiger partial charge is 0.494 e. The molecule has 90 valence electrons. The van der Waals surface area contributed by atoms with Crippen LogP contribution >= 0.6 is 0 Å². The second-order valence-electron chi connectivity index (χ2n) is 5.09. The Labute approximate surface area is 99.0 Å². The molecule has 0 spiro atoms. The van der Waals surface area contributed by atoms with Crippen LogP contribution in [-0.4, -0.2) is 13.7 Å². The van der Waals surface area contributed by atoms with Crippen LogP contribution in [0.4, 0.5) is 0 Å². The first kappa shape index (κ1) is 13.0. The Balaban J connectivity index is 2.97. The maximum atomic E-state index is 5.53. The van der Waals surface area contributed by atoms with E-state index in [0.29, 0.717) is 12.6 Å². The molecule has 1 unspecified atom stereocenters. The molecule has 0 aliphatic rings. The fourth-order valence-corrected chi connectivity index (χ4v) is 2.05. The number of hydrogen-bond acceptors (Lipinski definition) is 2. The predicted octanol–water partition coefficient (Wildman–Crippen LogP) is 3.39. The number of rotatable bonds is 4. The number of ether oxygens (including phenoxy) is 1. The lowest BCUT2D eigenvalue weighted by Gasteiger charge is -2.31. The van der Waals surface area contributed by atoms with Crippen molar-refractivity contribution in [1.82, 2.24) is 5.32 Å². The quantitative estimate of drug-likeness (QED) is 0.841. The molecule has 0 bridgehead atoms. The van der Waals surface area contributed by atoms with Gasteiger partial charge in [0.05, 0.1) is 6.61 Å². The Bertz CT molecular complexity index is 328. The number of nitrogens with one attached hydrogen (secondary N) is 1. The van der Waals surface area contributed by atoms with Crippen molar-refractivity contribution in [2.24, 2.45) is 5.41 Å². The standard InChI is InChI=1S/C14H23NO/c1-6-16-12-9-7-8-11(10-12)13(15-5)14(2,3)4/h7-10,13,15H,6H2,1-5H3. The molecule has 0 heterocycles. The van der Waals surface area contributed by atoms with Gasteiger partial charge < -0.3 is 10.1 Å². The molecule has 2 heteroatoms. The van der Waals surface area contributed by atoms with Gasteiger partial charge in [0.25, 0.3) is 0 Å². The molecule has 0 aliphatic carbocycles. The fourth-order valence-electron chi connectivity index (χ4n) is 2.05. The lowest BCUT2D eigenvalue weighted by Crippen LogP contribution is -2.29. The zero-order valence-electron chi connectivity index (χ0n) is 11.0. The summed E-state index contributed by atoms with van der Waals surface area (Å²) in [7, 11) is 2.00. The molecule has 0 saturated carbocycles. The van der Waals surface area contributed by atoms with E-state index in [1.165, 1.54) is 5.56 Å². The van der Waals surface area contributed by atoms with E-state index in [0.717, 1.165) is 5.75 Å². The molecule has 0 aliphatic heterocycles. The summed E-state index contributed by atoms with van der Waals surface area (Å²) in [6.45, 7) is 9.43. The SMILES string of the molecule is CCOc1cccc(C(NC)C(C)(C)C)c1. The van der Waals surface area contributed by atoms with Crippen LogP contribution in [0.5, 0.6) is 5.75 Å². The zero-order chi connectivity index (χ0) is 12.2. The second kappa shape index (κ2) is 5.35. The molecule has 1 atom stereocenters. The highest BCUT2D eigenvalue weighted by Gasteiger charge is 2.24. The maximum absolute atomic E-state index is 5.53. The van der Waals surface area contributed by atoms with Crippen LogP contribution in [0.25, 0.3) is 0 Å². The van der Waals surface area contributed by atoms with Gasteiger partial charge in [-0.05, 0) is 37.1 Å². The third kappa shape index (κ3) is 3.24. The minimum absolute atomic E-state index is 0.194. The van der Waals surface area contributed by atoms with Gasteiger partial charge in [0.1, 0.15) is 5.75 Å². The summed E-state index contributed by atoms with van der Waals surface area (Å²) in [5.41, 5.74) is 1.47. The Morgan fingerprint density at radius 1 is 1.31 bits per heavy atom. The Morgan fingerprint density at radius 2 is 2.00 bits per heavy atom. The van der Waals surface area contributed by atoms with Gasteiger partial charge in [0, 0.05) is 6.04 Å². The van der Waals surface area contributed by atoms with Crippen LogP contribution in [0.15, 0.2) is 24.3 Å². The van der Waals surface area contributed by atoms with Crippen molar-refractivity contribution in [3.05, 3.63) is 29.8 Å². The first-order chi connectivity index (χ1) is 7.49. The molecule has 0 saturated heterocycles. The third-order valence-electron chi connectivity index (χ3n) is 2.66. The Hall–Kier alpha value is -1.02. The van der Waals surface area contributed by atoms with Crippen LogP contribution in [0.3, 0.4) is 0 Å². The van der Waals surface area contributed by atoms with Crippen molar-refractivity contribution in [2.45, 2.75) is 33.7 Å². The summed E-state index contributed by atoms with van der Waals surface area (Å²) < 4.78 is 5.53. The van der Waals surface area contributed by atoms with E-state index in [4.69, 9.17) is 4.74 Å². The van der Waals surface area contributed by atoms with E-state index >= 15 is 0 Å². The molecule has 0 fully saturated rings. The van der Waals surface area contributed by atoms with Gasteiger partial charge in [0.2, 0.25) is 0 Å². The predicted molar refractivity (Wildman–Crippen MR) is 68.9 cm³/mol. The highest BCUT2D eigenvalue weighted by atomic mass is 16.5. The summed E-state index contributed by atoms with van der Waals surface area (Å²) in [5, 5.41) is 3.37. The first-order valence-electron chi connectivity index (χ1n) is 5.89. The Morgan fingerprint density at radius 3 is 2.50 bits per heavy atom. The van der Waals surface area contributed by atoms with E-state index < -0.39 is 0 Å². The van der Waals surface area contributed by atoms with Crippen molar-refractivity contribution in [2.75, 3.05) is 13.7 Å². The van der Waals surface area contributed by atoms with Crippen molar-refractivity contribution in [3.8, 4) is 5.75 Å². The van der Waals surface area contributed by atoms with Crippen LogP contribution in [0.1, 0.15) is 39.3 Å². The monoisotopic (exact) mass is 221 g/mol. The molecule has 2 nitrogen and oxygen atoms in total. The maximum Gasteiger partial charge on any atom is 0.119 e. The van der Waals surface area contributed by atoms with Crippen molar-refractivity contribution in [1.29, 1.82) is 0 Å². The smallest absolute Gasteiger partial charge is 0.119 e. The molecule has 0 aromatic heterocycles. The average Bonchev–Trinajstić information content (AvgIpc) is 2.17. The van der Waals surface area contributed by atoms with Crippen molar-refractivity contribution < 1.29 is 4.74 Å². The summed E-state index contributed by atoms with van der Waals surface area (Å²) in [5.74, 6) is 0.949. The van der Waals surface area contributed by atoms with E-state index in [1.807, 2.05) is 20.0 Å². The summed E-state index contributed by atoms with van der Waals surface area (Å²) >= 11 is 0. The molecule has 1 rings (SSSR count). The van der Waals surface area contributed by atoms with Crippen LogP contribution < -0.4 is 10.1 Å². The first-order valence-corrected chi connectivity index (χ1v) is 5.89.